The number of carbonyl (C=O) groups is 2. The summed E-state index contributed by atoms with van der Waals surface area (Å²) in [5.41, 5.74) is 1.23. The predicted molar refractivity (Wildman–Crippen MR) is 130 cm³/mol. The molecule has 3 N–H and O–H groups in total. The normalized spacial score (nSPS) is 12.4. The van der Waals surface area contributed by atoms with E-state index in [-0.39, 0.29) is 22.1 Å². The molecule has 0 saturated carbocycles. The van der Waals surface area contributed by atoms with Gasteiger partial charge in [0.1, 0.15) is 19.0 Å². The monoisotopic (exact) mass is 497 g/mol. The van der Waals surface area contributed by atoms with Crippen LogP contribution in [-0.4, -0.2) is 40.6 Å². The molecule has 0 saturated heterocycles. The van der Waals surface area contributed by atoms with E-state index in [4.69, 9.17) is 14.2 Å². The average molecular weight is 498 g/mol. The van der Waals surface area contributed by atoms with Gasteiger partial charge in [-0.15, -0.1) is 0 Å². The number of rotatable bonds is 7. The highest BCUT2D eigenvalue weighted by molar-refractivity contribution is 7.92. The Kier molecular flexibility index (Phi) is 6.78. The summed E-state index contributed by atoms with van der Waals surface area (Å²) in [6.07, 6.45) is 0. The van der Waals surface area contributed by atoms with Crippen molar-refractivity contribution >= 4 is 38.9 Å². The van der Waals surface area contributed by atoms with Crippen LogP contribution in [0.3, 0.4) is 0 Å². The molecule has 0 unspecified atom stereocenters. The number of ether oxygens (including phenoxy) is 3. The fourth-order valence-corrected chi connectivity index (χ4v) is 4.47. The minimum atomic E-state index is -3.95. The van der Waals surface area contributed by atoms with Gasteiger partial charge in [-0.1, -0.05) is 6.07 Å². The fourth-order valence-electron chi connectivity index (χ4n) is 3.41. The second-order valence-corrected chi connectivity index (χ2v) is 9.22. The molecule has 0 fully saturated rings. The van der Waals surface area contributed by atoms with E-state index in [0.29, 0.717) is 41.8 Å². The van der Waals surface area contributed by atoms with Crippen LogP contribution in [0.1, 0.15) is 17.3 Å². The number of methoxy groups -OCH3 is 1. The van der Waals surface area contributed by atoms with E-state index < -0.39 is 15.9 Å². The maximum atomic E-state index is 12.9. The molecule has 3 aromatic carbocycles. The van der Waals surface area contributed by atoms with E-state index in [9.17, 15) is 18.0 Å². The summed E-state index contributed by atoms with van der Waals surface area (Å²) in [5, 5.41) is 5.36. The van der Waals surface area contributed by atoms with Crippen LogP contribution >= 0.6 is 0 Å². The Bertz CT molecular complexity index is 1390. The highest BCUT2D eigenvalue weighted by Crippen LogP contribution is 2.33. The topological polar surface area (TPSA) is 132 Å². The van der Waals surface area contributed by atoms with E-state index in [1.54, 1.807) is 30.3 Å². The Morgan fingerprint density at radius 1 is 0.886 bits per heavy atom. The Balaban J connectivity index is 1.53. The number of hydrogen-bond acceptors (Lipinski definition) is 7. The summed E-state index contributed by atoms with van der Waals surface area (Å²) in [6, 6.07) is 15.2. The summed E-state index contributed by atoms with van der Waals surface area (Å²) in [7, 11) is -2.50. The van der Waals surface area contributed by atoms with Gasteiger partial charge in [0, 0.05) is 29.9 Å². The van der Waals surface area contributed by atoms with Gasteiger partial charge >= 0.3 is 0 Å². The van der Waals surface area contributed by atoms with Gasteiger partial charge in [0.25, 0.3) is 15.9 Å². The number of nitrogens with one attached hydrogen (secondary N) is 3. The van der Waals surface area contributed by atoms with Crippen molar-refractivity contribution in [2.45, 2.75) is 11.8 Å². The number of carbonyl (C=O) groups excluding carboxylic acids is 2. The van der Waals surface area contributed by atoms with Crippen LogP contribution in [0.25, 0.3) is 0 Å². The Hall–Kier alpha value is -4.25. The minimum absolute atomic E-state index is 0.00359. The first-order valence-corrected chi connectivity index (χ1v) is 12.0. The van der Waals surface area contributed by atoms with E-state index >= 15 is 0 Å². The second kappa shape index (κ2) is 9.94. The number of fused-ring (bicyclic) bond motifs is 1. The lowest BCUT2D eigenvalue weighted by molar-refractivity contribution is -0.114. The van der Waals surface area contributed by atoms with Crippen molar-refractivity contribution in [1.29, 1.82) is 0 Å². The molecule has 182 valence electrons. The molecule has 2 amide bonds. The van der Waals surface area contributed by atoms with Gasteiger partial charge in [0.2, 0.25) is 5.91 Å². The third-order valence-corrected chi connectivity index (χ3v) is 6.35. The third kappa shape index (κ3) is 5.64. The van der Waals surface area contributed by atoms with Crippen molar-refractivity contribution in [1.82, 2.24) is 0 Å². The highest BCUT2D eigenvalue weighted by Gasteiger charge is 2.20. The molecule has 4 rings (SSSR count). The molecule has 0 spiro atoms. The molecule has 35 heavy (non-hydrogen) atoms. The summed E-state index contributed by atoms with van der Waals surface area (Å²) < 4.78 is 44.5. The number of anilines is 3. The standard InChI is InChI=1S/C24H23N3O7S/c1-15(28)25-17-6-8-21(32-2)20(13-17)26-24(29)16-4-3-5-18(12-16)27-35(30,31)19-7-9-22-23(14-19)34-11-10-33-22/h3-9,12-14,27H,10-11H2,1-2H3,(H,25,28)(H,26,29). The maximum Gasteiger partial charge on any atom is 0.262 e. The fraction of sp³-hybridized carbons (Fsp3) is 0.167. The van der Waals surface area contributed by atoms with E-state index in [1.807, 2.05) is 0 Å². The van der Waals surface area contributed by atoms with Crippen molar-refractivity contribution in [2.75, 3.05) is 35.7 Å². The molecule has 0 aromatic heterocycles. The first-order chi connectivity index (χ1) is 16.7. The van der Waals surface area contributed by atoms with Gasteiger partial charge in [-0.2, -0.15) is 0 Å². The first kappa shape index (κ1) is 23.9. The van der Waals surface area contributed by atoms with E-state index in [0.717, 1.165) is 0 Å². The van der Waals surface area contributed by atoms with Crippen molar-refractivity contribution < 1.29 is 32.2 Å². The molecular weight excluding hydrogens is 474 g/mol. The quantitative estimate of drug-likeness (QED) is 0.455. The van der Waals surface area contributed by atoms with Gasteiger partial charge in [-0.3, -0.25) is 14.3 Å². The van der Waals surface area contributed by atoms with Crippen LogP contribution in [0, 0.1) is 0 Å². The zero-order valence-electron chi connectivity index (χ0n) is 19.0. The predicted octanol–water partition coefficient (Wildman–Crippen LogP) is 3.48. The molecule has 0 aliphatic carbocycles. The van der Waals surface area contributed by atoms with Crippen LogP contribution in [0.5, 0.6) is 17.2 Å². The number of sulfonamides is 1. The van der Waals surface area contributed by atoms with Crippen LogP contribution < -0.4 is 29.6 Å². The lowest BCUT2D eigenvalue weighted by Gasteiger charge is -2.19. The van der Waals surface area contributed by atoms with Gasteiger partial charge in [-0.05, 0) is 48.5 Å². The summed E-state index contributed by atoms with van der Waals surface area (Å²) in [5.74, 6) is 0.464. The van der Waals surface area contributed by atoms with Crippen LogP contribution in [0.15, 0.2) is 65.6 Å². The molecular formula is C24H23N3O7S. The zero-order valence-corrected chi connectivity index (χ0v) is 19.8. The summed E-state index contributed by atoms with van der Waals surface area (Å²) in [4.78, 5) is 24.2. The van der Waals surface area contributed by atoms with E-state index in [1.165, 1.54) is 44.4 Å². The van der Waals surface area contributed by atoms with Crippen molar-refractivity contribution in [3.05, 3.63) is 66.2 Å². The Labute approximate surface area is 202 Å². The molecule has 1 aliphatic heterocycles. The molecule has 1 heterocycles. The molecule has 1 aliphatic rings. The molecule has 11 heteroatoms. The summed E-state index contributed by atoms with van der Waals surface area (Å²) in [6.45, 7) is 2.11. The minimum Gasteiger partial charge on any atom is -0.495 e. The van der Waals surface area contributed by atoms with Gasteiger partial charge < -0.3 is 24.8 Å². The van der Waals surface area contributed by atoms with Crippen molar-refractivity contribution in [3.63, 3.8) is 0 Å². The van der Waals surface area contributed by atoms with Crippen molar-refractivity contribution in [3.8, 4) is 17.2 Å². The highest BCUT2D eigenvalue weighted by atomic mass is 32.2. The molecule has 0 bridgehead atoms. The first-order valence-electron chi connectivity index (χ1n) is 10.5. The number of hydrogen-bond donors (Lipinski definition) is 3. The van der Waals surface area contributed by atoms with Crippen LogP contribution in [-0.2, 0) is 14.8 Å². The van der Waals surface area contributed by atoms with E-state index in [2.05, 4.69) is 15.4 Å². The van der Waals surface area contributed by atoms with Gasteiger partial charge in [-0.25, -0.2) is 8.42 Å². The van der Waals surface area contributed by atoms with Gasteiger partial charge in [0.15, 0.2) is 11.5 Å². The molecule has 0 atom stereocenters. The van der Waals surface area contributed by atoms with Crippen molar-refractivity contribution in [2.24, 2.45) is 0 Å². The lowest BCUT2D eigenvalue weighted by Crippen LogP contribution is -2.18. The maximum absolute atomic E-state index is 12.9. The molecule has 3 aromatic rings. The van der Waals surface area contributed by atoms with Gasteiger partial charge in [0.05, 0.1) is 17.7 Å². The Morgan fingerprint density at radius 3 is 2.40 bits per heavy atom. The third-order valence-electron chi connectivity index (χ3n) is 4.97. The SMILES string of the molecule is COc1ccc(NC(C)=O)cc1NC(=O)c1cccc(NS(=O)(=O)c2ccc3c(c2)OCCO3)c1. The second-order valence-electron chi connectivity index (χ2n) is 7.54. The number of benzene rings is 3. The largest absolute Gasteiger partial charge is 0.495 e. The average Bonchev–Trinajstić information content (AvgIpc) is 2.83. The van der Waals surface area contributed by atoms with Crippen LogP contribution in [0.4, 0.5) is 17.1 Å². The lowest BCUT2D eigenvalue weighted by atomic mass is 10.1. The smallest absolute Gasteiger partial charge is 0.262 e. The zero-order chi connectivity index (χ0) is 25.0. The summed E-state index contributed by atoms with van der Waals surface area (Å²) >= 11 is 0. The number of amides is 2. The molecule has 0 radical (unpaired) electrons. The Morgan fingerprint density at radius 2 is 1.66 bits per heavy atom. The van der Waals surface area contributed by atoms with Crippen LogP contribution in [0.2, 0.25) is 0 Å². The molecule has 10 nitrogen and oxygen atoms in total.